The number of nitrogens with zero attached hydrogens (tertiary/aromatic N) is 2. The Hall–Kier alpha value is -1.77. The fourth-order valence-corrected chi connectivity index (χ4v) is 4.03. The summed E-state index contributed by atoms with van der Waals surface area (Å²) in [6, 6.07) is 11.9. The molecule has 2 aromatic carbocycles. The van der Waals surface area contributed by atoms with Gasteiger partial charge in [0.25, 0.3) is 0 Å². The van der Waals surface area contributed by atoms with Crippen molar-refractivity contribution in [2.24, 2.45) is 4.99 Å². The van der Waals surface area contributed by atoms with Gasteiger partial charge in [0, 0.05) is 22.5 Å². The van der Waals surface area contributed by atoms with Crippen molar-refractivity contribution in [3.05, 3.63) is 59.1 Å². The van der Waals surface area contributed by atoms with Crippen LogP contribution in [0, 0.1) is 0 Å². The summed E-state index contributed by atoms with van der Waals surface area (Å²) in [5.74, 6) is 0. The second-order valence-corrected chi connectivity index (χ2v) is 8.15. The minimum Gasteiger partial charge on any atom is -0.332 e. The molecule has 142 valence electrons. The molecule has 3 rings (SSSR count). The fraction of sp³-hybridized carbons (Fsp3) is 0.222. The van der Waals surface area contributed by atoms with Crippen molar-refractivity contribution in [3.63, 3.8) is 0 Å². The minimum absolute atomic E-state index is 0.248. The maximum Gasteiger partial charge on any atom is 0.416 e. The largest absolute Gasteiger partial charge is 0.416 e. The Morgan fingerprint density at radius 2 is 1.96 bits per heavy atom. The third-order valence-electron chi connectivity index (χ3n) is 3.72. The molecule has 9 heteroatoms. The number of hydrogen-bond acceptors (Lipinski definition) is 3. The highest BCUT2D eigenvalue weighted by molar-refractivity contribution is 8.14. The molecule has 1 N–H and O–H groups in total. The van der Waals surface area contributed by atoms with E-state index in [1.54, 1.807) is 12.1 Å². The summed E-state index contributed by atoms with van der Waals surface area (Å²) in [5.41, 5.74) is 0.495. The molecule has 0 bridgehead atoms. The topological polar surface area (TPSA) is 27.6 Å². The molecule has 1 aliphatic rings. The van der Waals surface area contributed by atoms with Gasteiger partial charge in [0.05, 0.1) is 11.3 Å². The molecule has 1 fully saturated rings. The molecule has 0 amide bonds. The van der Waals surface area contributed by atoms with E-state index < -0.39 is 11.7 Å². The van der Waals surface area contributed by atoms with E-state index in [2.05, 4.69) is 10.3 Å². The third-order valence-corrected chi connectivity index (χ3v) is 5.35. The number of alkyl halides is 3. The van der Waals surface area contributed by atoms with Crippen LogP contribution in [-0.4, -0.2) is 27.0 Å². The van der Waals surface area contributed by atoms with Gasteiger partial charge in [-0.25, -0.2) is 4.99 Å². The van der Waals surface area contributed by atoms with Gasteiger partial charge in [-0.2, -0.15) is 13.2 Å². The Bertz CT molecular complexity index is 869. The van der Waals surface area contributed by atoms with Crippen molar-refractivity contribution in [3.8, 4) is 0 Å². The van der Waals surface area contributed by atoms with E-state index in [-0.39, 0.29) is 5.25 Å². The number of halogens is 4. The second kappa shape index (κ2) is 8.08. The molecule has 0 radical (unpaired) electrons. The van der Waals surface area contributed by atoms with Crippen molar-refractivity contribution in [1.82, 2.24) is 4.90 Å². The maximum absolute atomic E-state index is 12.7. The molecule has 2 aromatic rings. The van der Waals surface area contributed by atoms with E-state index in [0.717, 1.165) is 17.8 Å². The molecular formula is C18H15ClF3N3S2. The van der Waals surface area contributed by atoms with Crippen LogP contribution in [0.4, 0.5) is 24.5 Å². The average Bonchev–Trinajstić information content (AvgIpc) is 2.95. The maximum atomic E-state index is 12.7. The molecule has 1 saturated heterocycles. The van der Waals surface area contributed by atoms with Gasteiger partial charge in [0.1, 0.15) is 0 Å². The summed E-state index contributed by atoms with van der Waals surface area (Å²) >= 11 is 13.0. The number of nitrogens with one attached hydrogen (secondary N) is 1. The van der Waals surface area contributed by atoms with Crippen LogP contribution in [0.2, 0.25) is 5.02 Å². The number of amidine groups is 1. The number of thioether (sulfide) groups is 1. The molecule has 1 unspecified atom stereocenters. The number of anilines is 1. The zero-order valence-corrected chi connectivity index (χ0v) is 16.5. The first-order valence-electron chi connectivity index (χ1n) is 7.99. The zero-order valence-electron chi connectivity index (χ0n) is 14.1. The Labute approximate surface area is 169 Å². The van der Waals surface area contributed by atoms with Crippen LogP contribution in [0.3, 0.4) is 0 Å². The molecule has 3 nitrogen and oxygen atoms in total. The predicted molar refractivity (Wildman–Crippen MR) is 110 cm³/mol. The summed E-state index contributed by atoms with van der Waals surface area (Å²) < 4.78 is 38.1. The smallest absolute Gasteiger partial charge is 0.332 e. The molecule has 1 aliphatic heterocycles. The van der Waals surface area contributed by atoms with Crippen molar-refractivity contribution in [2.45, 2.75) is 18.3 Å². The van der Waals surface area contributed by atoms with Gasteiger partial charge < -0.3 is 5.32 Å². The standard InChI is InChI=1S/C18H15ClF3N3S2/c1-11-10-25(16(26)23-15-4-2-3-13(19)9-15)17(27-11)24-14-7-5-12(6-8-14)18(20,21)22/h2-9,11H,10H2,1H3,(H,23,26)/b24-17+. The Kier molecular flexibility index (Phi) is 5.98. The summed E-state index contributed by atoms with van der Waals surface area (Å²) in [6.45, 7) is 2.69. The fourth-order valence-electron chi connectivity index (χ4n) is 2.47. The number of aliphatic imine (C=N–C) groups is 1. The van der Waals surface area contributed by atoms with Crippen LogP contribution in [0.5, 0.6) is 0 Å². The minimum atomic E-state index is -4.36. The lowest BCUT2D eigenvalue weighted by Crippen LogP contribution is -2.36. The first kappa shape index (κ1) is 20.0. The first-order valence-corrected chi connectivity index (χ1v) is 9.65. The van der Waals surface area contributed by atoms with Crippen molar-refractivity contribution < 1.29 is 13.2 Å². The number of benzene rings is 2. The van der Waals surface area contributed by atoms with Gasteiger partial charge in [0.2, 0.25) is 0 Å². The molecule has 0 spiro atoms. The van der Waals surface area contributed by atoms with Crippen molar-refractivity contribution in [1.29, 1.82) is 0 Å². The lowest BCUT2D eigenvalue weighted by atomic mass is 10.2. The molecule has 27 heavy (non-hydrogen) atoms. The normalized spacial score (nSPS) is 18.8. The van der Waals surface area contributed by atoms with E-state index >= 15 is 0 Å². The molecule has 0 saturated carbocycles. The van der Waals surface area contributed by atoms with Crippen LogP contribution in [0.15, 0.2) is 53.5 Å². The van der Waals surface area contributed by atoms with Crippen molar-refractivity contribution >= 4 is 57.2 Å². The highest BCUT2D eigenvalue weighted by atomic mass is 35.5. The van der Waals surface area contributed by atoms with Crippen molar-refractivity contribution in [2.75, 3.05) is 11.9 Å². The van der Waals surface area contributed by atoms with Crippen LogP contribution in [0.25, 0.3) is 0 Å². The van der Waals surface area contributed by atoms with Gasteiger partial charge in [-0.3, -0.25) is 4.90 Å². The first-order chi connectivity index (χ1) is 12.7. The Morgan fingerprint density at radius 3 is 2.59 bits per heavy atom. The van der Waals surface area contributed by atoms with Gasteiger partial charge in [0.15, 0.2) is 10.3 Å². The molecule has 0 aromatic heterocycles. The van der Waals surface area contributed by atoms with Gasteiger partial charge in [-0.05, 0) is 54.7 Å². The van der Waals surface area contributed by atoms with E-state index in [4.69, 9.17) is 23.8 Å². The molecule has 0 aliphatic carbocycles. The van der Waals surface area contributed by atoms with E-state index in [0.29, 0.717) is 27.5 Å². The number of thiocarbonyl (C=S) groups is 1. The number of hydrogen-bond donors (Lipinski definition) is 1. The Morgan fingerprint density at radius 1 is 1.26 bits per heavy atom. The van der Waals surface area contributed by atoms with E-state index in [9.17, 15) is 13.2 Å². The summed E-state index contributed by atoms with van der Waals surface area (Å²) in [6.07, 6.45) is -4.36. The number of rotatable bonds is 2. The van der Waals surface area contributed by atoms with Crippen LogP contribution < -0.4 is 5.32 Å². The highest BCUT2D eigenvalue weighted by Crippen LogP contribution is 2.32. The van der Waals surface area contributed by atoms with Gasteiger partial charge >= 0.3 is 6.18 Å². The zero-order chi connectivity index (χ0) is 19.6. The van der Waals surface area contributed by atoms with Crippen LogP contribution in [-0.2, 0) is 6.18 Å². The monoisotopic (exact) mass is 429 g/mol. The van der Waals surface area contributed by atoms with E-state index in [1.807, 2.05) is 24.0 Å². The van der Waals surface area contributed by atoms with Gasteiger partial charge in [-0.15, -0.1) is 0 Å². The van der Waals surface area contributed by atoms with Crippen LogP contribution >= 0.6 is 35.6 Å². The summed E-state index contributed by atoms with van der Waals surface area (Å²) in [4.78, 5) is 6.31. The molecule has 1 atom stereocenters. The molecule has 1 heterocycles. The second-order valence-electron chi connectivity index (χ2n) is 5.92. The van der Waals surface area contributed by atoms with Gasteiger partial charge in [-0.1, -0.05) is 36.4 Å². The highest BCUT2D eigenvalue weighted by Gasteiger charge is 2.31. The quantitative estimate of drug-likeness (QED) is 0.577. The lowest BCUT2D eigenvalue weighted by Gasteiger charge is -2.20. The summed E-state index contributed by atoms with van der Waals surface area (Å²) in [5, 5.41) is 5.05. The Balaban J connectivity index is 1.79. The average molecular weight is 430 g/mol. The van der Waals surface area contributed by atoms with Crippen LogP contribution in [0.1, 0.15) is 12.5 Å². The lowest BCUT2D eigenvalue weighted by molar-refractivity contribution is -0.137. The third kappa shape index (κ3) is 5.15. The predicted octanol–water partition coefficient (Wildman–Crippen LogP) is 6.18. The molecular weight excluding hydrogens is 415 g/mol. The summed E-state index contributed by atoms with van der Waals surface area (Å²) in [7, 11) is 0. The van der Waals surface area contributed by atoms with E-state index in [1.165, 1.54) is 23.9 Å². The SMILES string of the molecule is CC1CN(C(=S)Nc2cccc(Cl)c2)/C(=N\c2ccc(C(F)(F)F)cc2)S1.